The Balaban J connectivity index is 1.75. The molecule has 5 nitrogen and oxygen atoms in total. The predicted molar refractivity (Wildman–Crippen MR) is 91.5 cm³/mol. The van der Waals surface area contributed by atoms with E-state index in [9.17, 15) is 9.59 Å². The van der Waals surface area contributed by atoms with Gasteiger partial charge in [0, 0.05) is 11.1 Å². The van der Waals surface area contributed by atoms with Crippen LogP contribution in [0.15, 0.2) is 48.5 Å². The fourth-order valence-corrected chi connectivity index (χ4v) is 1.91. The van der Waals surface area contributed by atoms with Crippen molar-refractivity contribution >= 4 is 11.8 Å². The molecule has 0 heterocycles. The number of carbonyl (C=O) groups is 2. The van der Waals surface area contributed by atoms with E-state index in [1.807, 2.05) is 25.1 Å². The Labute approximate surface area is 140 Å². The molecule has 0 saturated heterocycles. The minimum absolute atomic E-state index is 0.0571. The number of hydrogen-bond acceptors (Lipinski definition) is 3. The highest BCUT2D eigenvalue weighted by Gasteiger charge is 2.01. The van der Waals surface area contributed by atoms with Crippen LogP contribution in [0.2, 0.25) is 0 Å². The second kappa shape index (κ2) is 8.39. The number of primary amides is 1. The van der Waals surface area contributed by atoms with Crippen molar-refractivity contribution in [1.29, 1.82) is 0 Å². The number of ether oxygens (including phenoxy) is 1. The van der Waals surface area contributed by atoms with Gasteiger partial charge < -0.3 is 15.8 Å². The van der Waals surface area contributed by atoms with Crippen molar-refractivity contribution in [3.05, 3.63) is 65.2 Å². The first kappa shape index (κ1) is 17.1. The van der Waals surface area contributed by atoms with E-state index in [-0.39, 0.29) is 19.1 Å². The molecule has 0 aliphatic rings. The van der Waals surface area contributed by atoms with Crippen LogP contribution in [-0.2, 0) is 4.79 Å². The second-order valence-corrected chi connectivity index (χ2v) is 5.13. The zero-order chi connectivity index (χ0) is 17.4. The van der Waals surface area contributed by atoms with Crippen molar-refractivity contribution in [2.24, 2.45) is 5.73 Å². The van der Waals surface area contributed by atoms with Gasteiger partial charge in [-0.05, 0) is 48.9 Å². The quantitative estimate of drug-likeness (QED) is 0.821. The first-order chi connectivity index (χ1) is 11.5. The molecule has 0 unspecified atom stereocenters. The van der Waals surface area contributed by atoms with E-state index < -0.39 is 5.91 Å². The number of carbonyl (C=O) groups excluding carboxylic acids is 2. The Kier molecular flexibility index (Phi) is 5.98. The fourth-order valence-electron chi connectivity index (χ4n) is 1.91. The molecule has 122 valence electrons. The smallest absolute Gasteiger partial charge is 0.258 e. The Morgan fingerprint density at radius 3 is 2.58 bits per heavy atom. The number of rotatable bonds is 5. The molecule has 0 aromatic heterocycles. The number of benzene rings is 2. The van der Waals surface area contributed by atoms with Crippen molar-refractivity contribution in [3.8, 4) is 17.6 Å². The highest BCUT2D eigenvalue weighted by molar-refractivity contribution is 5.92. The van der Waals surface area contributed by atoms with Crippen LogP contribution in [0.5, 0.6) is 5.75 Å². The lowest BCUT2D eigenvalue weighted by Gasteiger charge is -2.06. The maximum absolute atomic E-state index is 11.7. The predicted octanol–water partition coefficient (Wildman–Crippen LogP) is 1.64. The molecule has 0 bridgehead atoms. The van der Waals surface area contributed by atoms with Gasteiger partial charge in [0.1, 0.15) is 5.75 Å². The maximum Gasteiger partial charge on any atom is 0.258 e. The van der Waals surface area contributed by atoms with Gasteiger partial charge in [0.2, 0.25) is 5.91 Å². The summed E-state index contributed by atoms with van der Waals surface area (Å²) in [6.45, 7) is 2.12. The Hall–Kier alpha value is -3.26. The summed E-state index contributed by atoms with van der Waals surface area (Å²) in [6.07, 6.45) is 0. The van der Waals surface area contributed by atoms with Crippen LogP contribution in [0.4, 0.5) is 0 Å². The third-order valence-corrected chi connectivity index (χ3v) is 3.14. The molecule has 0 atom stereocenters. The van der Waals surface area contributed by atoms with Gasteiger partial charge in [0.25, 0.3) is 5.91 Å². The van der Waals surface area contributed by atoms with Crippen LogP contribution in [0, 0.1) is 18.8 Å². The SMILES string of the molecule is Cc1cccc(OCC(=O)NCC#Cc2ccc(C(N)=O)cc2)c1. The summed E-state index contributed by atoms with van der Waals surface area (Å²) in [4.78, 5) is 22.6. The summed E-state index contributed by atoms with van der Waals surface area (Å²) in [5.74, 6) is 5.67. The minimum Gasteiger partial charge on any atom is -0.484 e. The zero-order valence-corrected chi connectivity index (χ0v) is 13.3. The summed E-state index contributed by atoms with van der Waals surface area (Å²) in [5.41, 5.74) is 7.41. The van der Waals surface area contributed by atoms with Crippen LogP contribution in [-0.4, -0.2) is 25.0 Å². The molecule has 0 saturated carbocycles. The third kappa shape index (κ3) is 5.50. The van der Waals surface area contributed by atoms with Crippen LogP contribution in [0.3, 0.4) is 0 Å². The van der Waals surface area contributed by atoms with Crippen LogP contribution < -0.4 is 15.8 Å². The van der Waals surface area contributed by atoms with E-state index in [4.69, 9.17) is 10.5 Å². The first-order valence-electron chi connectivity index (χ1n) is 7.39. The molecule has 2 amide bonds. The fraction of sp³-hybridized carbons (Fsp3) is 0.158. The average Bonchev–Trinajstić information content (AvgIpc) is 2.57. The zero-order valence-electron chi connectivity index (χ0n) is 13.3. The molecule has 2 aromatic rings. The van der Waals surface area contributed by atoms with Crippen molar-refractivity contribution in [2.75, 3.05) is 13.2 Å². The number of nitrogens with two attached hydrogens (primary N) is 1. The molecule has 2 aromatic carbocycles. The van der Waals surface area contributed by atoms with Crippen LogP contribution in [0.25, 0.3) is 0 Å². The molecule has 0 radical (unpaired) electrons. The lowest BCUT2D eigenvalue weighted by atomic mass is 10.1. The second-order valence-electron chi connectivity index (χ2n) is 5.13. The van der Waals surface area contributed by atoms with Gasteiger partial charge in [-0.2, -0.15) is 0 Å². The summed E-state index contributed by atoms with van der Waals surface area (Å²) in [5, 5.41) is 2.66. The van der Waals surface area contributed by atoms with E-state index >= 15 is 0 Å². The Morgan fingerprint density at radius 2 is 1.92 bits per heavy atom. The molecule has 5 heteroatoms. The van der Waals surface area contributed by atoms with Gasteiger partial charge >= 0.3 is 0 Å². The van der Waals surface area contributed by atoms with Gasteiger partial charge in [0.05, 0.1) is 6.54 Å². The van der Waals surface area contributed by atoms with Gasteiger partial charge in [-0.15, -0.1) is 0 Å². The van der Waals surface area contributed by atoms with Crippen molar-refractivity contribution < 1.29 is 14.3 Å². The Bertz CT molecular complexity index is 786. The highest BCUT2D eigenvalue weighted by Crippen LogP contribution is 2.11. The highest BCUT2D eigenvalue weighted by atomic mass is 16.5. The number of amides is 2. The number of aryl methyl sites for hydroxylation is 1. The Morgan fingerprint density at radius 1 is 1.17 bits per heavy atom. The van der Waals surface area contributed by atoms with Crippen LogP contribution in [0.1, 0.15) is 21.5 Å². The van der Waals surface area contributed by atoms with Gasteiger partial charge in [-0.1, -0.05) is 24.0 Å². The average molecular weight is 322 g/mol. The molecular formula is C19H18N2O3. The molecule has 24 heavy (non-hydrogen) atoms. The van der Waals surface area contributed by atoms with Crippen molar-refractivity contribution in [3.63, 3.8) is 0 Å². The number of nitrogens with one attached hydrogen (secondary N) is 1. The van der Waals surface area contributed by atoms with Gasteiger partial charge in [-0.3, -0.25) is 9.59 Å². The molecular weight excluding hydrogens is 304 g/mol. The maximum atomic E-state index is 11.7. The summed E-state index contributed by atoms with van der Waals surface area (Å²) in [6, 6.07) is 14.1. The lowest BCUT2D eigenvalue weighted by Crippen LogP contribution is -2.29. The van der Waals surface area contributed by atoms with Crippen molar-refractivity contribution in [1.82, 2.24) is 5.32 Å². The minimum atomic E-state index is -0.476. The largest absolute Gasteiger partial charge is 0.484 e. The van der Waals surface area contributed by atoms with Crippen LogP contribution >= 0.6 is 0 Å². The van der Waals surface area contributed by atoms with E-state index in [0.29, 0.717) is 11.3 Å². The van der Waals surface area contributed by atoms with Gasteiger partial charge in [-0.25, -0.2) is 0 Å². The van der Waals surface area contributed by atoms with Gasteiger partial charge in [0.15, 0.2) is 6.61 Å². The van der Waals surface area contributed by atoms with E-state index in [0.717, 1.165) is 11.1 Å². The molecule has 0 aliphatic heterocycles. The molecule has 3 N–H and O–H groups in total. The summed E-state index contributed by atoms with van der Waals surface area (Å²) < 4.78 is 5.40. The number of hydrogen-bond donors (Lipinski definition) is 2. The lowest BCUT2D eigenvalue weighted by molar-refractivity contribution is -0.122. The van der Waals surface area contributed by atoms with E-state index in [2.05, 4.69) is 17.2 Å². The molecule has 2 rings (SSSR count). The topological polar surface area (TPSA) is 81.4 Å². The molecule has 0 fully saturated rings. The van der Waals surface area contributed by atoms with E-state index in [1.165, 1.54) is 0 Å². The van der Waals surface area contributed by atoms with E-state index in [1.54, 1.807) is 30.3 Å². The summed E-state index contributed by atoms with van der Waals surface area (Å²) in [7, 11) is 0. The normalized spacial score (nSPS) is 9.54. The monoisotopic (exact) mass is 322 g/mol. The molecule has 0 spiro atoms. The summed E-state index contributed by atoms with van der Waals surface area (Å²) >= 11 is 0. The third-order valence-electron chi connectivity index (χ3n) is 3.14. The van der Waals surface area contributed by atoms with Crippen molar-refractivity contribution in [2.45, 2.75) is 6.92 Å². The molecule has 0 aliphatic carbocycles. The standard InChI is InChI=1S/C19H18N2O3/c1-14-4-2-6-17(12-14)24-13-18(22)21-11-3-5-15-7-9-16(10-8-15)19(20)23/h2,4,6-10,12H,11,13H2,1H3,(H2,20,23)(H,21,22). The first-order valence-corrected chi connectivity index (χ1v) is 7.39.